The third kappa shape index (κ3) is 5.14. The maximum absolute atomic E-state index is 12.9. The summed E-state index contributed by atoms with van der Waals surface area (Å²) in [5.41, 5.74) is 2.33. The zero-order valence-corrected chi connectivity index (χ0v) is 18.9. The van der Waals surface area contributed by atoms with Crippen molar-refractivity contribution in [2.45, 2.75) is 6.10 Å². The zero-order chi connectivity index (χ0) is 20.9. The van der Waals surface area contributed by atoms with E-state index in [1.165, 1.54) is 5.69 Å². The lowest BCUT2D eigenvalue weighted by Crippen LogP contribution is -2.52. The predicted octanol–water partition coefficient (Wildman–Crippen LogP) is 3.18. The molecule has 1 atom stereocenters. The fourth-order valence-corrected chi connectivity index (χ4v) is 4.29. The minimum Gasteiger partial charge on any atom is -0.497 e. The number of carbonyl (C=O) groups is 1. The number of amides is 1. The molecule has 1 amide bonds. The van der Waals surface area contributed by atoms with Gasteiger partial charge in [-0.2, -0.15) is 0 Å². The van der Waals surface area contributed by atoms with Gasteiger partial charge in [0.2, 0.25) is 5.91 Å². The van der Waals surface area contributed by atoms with Crippen molar-refractivity contribution in [2.24, 2.45) is 0 Å². The topological polar surface area (TPSA) is 45.2 Å². The first-order chi connectivity index (χ1) is 14.6. The van der Waals surface area contributed by atoms with E-state index in [4.69, 9.17) is 9.47 Å². The molecule has 0 radical (unpaired) electrons. The lowest BCUT2D eigenvalue weighted by molar-refractivity contribution is -0.134. The molecule has 2 saturated heterocycles. The summed E-state index contributed by atoms with van der Waals surface area (Å²) < 4.78 is 12.2. The van der Waals surface area contributed by atoms with Gasteiger partial charge < -0.3 is 19.3 Å². The highest BCUT2D eigenvalue weighted by molar-refractivity contribution is 9.10. The van der Waals surface area contributed by atoms with Gasteiger partial charge in [-0.25, -0.2) is 0 Å². The van der Waals surface area contributed by atoms with Gasteiger partial charge in [0.05, 0.1) is 26.4 Å². The quantitative estimate of drug-likeness (QED) is 0.667. The van der Waals surface area contributed by atoms with E-state index in [0.29, 0.717) is 13.2 Å². The van der Waals surface area contributed by atoms with E-state index >= 15 is 0 Å². The van der Waals surface area contributed by atoms with Crippen molar-refractivity contribution >= 4 is 27.5 Å². The van der Waals surface area contributed by atoms with E-state index in [0.717, 1.165) is 55.1 Å². The Morgan fingerprint density at radius 2 is 1.73 bits per heavy atom. The summed E-state index contributed by atoms with van der Waals surface area (Å²) in [4.78, 5) is 19.4. The van der Waals surface area contributed by atoms with Gasteiger partial charge in [0.25, 0.3) is 0 Å². The maximum atomic E-state index is 12.9. The van der Waals surface area contributed by atoms with Crippen LogP contribution in [-0.4, -0.2) is 75.2 Å². The molecule has 2 heterocycles. The minimum atomic E-state index is 0.0200. The second-order valence-electron chi connectivity index (χ2n) is 7.71. The molecule has 0 saturated carbocycles. The first kappa shape index (κ1) is 21.2. The molecule has 6 nitrogen and oxygen atoms in total. The summed E-state index contributed by atoms with van der Waals surface area (Å²) in [5.74, 6) is 1.07. The number of nitrogens with zero attached hydrogens (tertiary/aromatic N) is 3. The van der Waals surface area contributed by atoms with Gasteiger partial charge in [0.1, 0.15) is 5.75 Å². The molecule has 0 aliphatic carbocycles. The summed E-state index contributed by atoms with van der Waals surface area (Å²) in [6.07, 6.45) is 0.0200. The van der Waals surface area contributed by atoms with Crippen LogP contribution < -0.4 is 9.64 Å². The van der Waals surface area contributed by atoms with Crippen molar-refractivity contribution in [3.05, 3.63) is 58.6 Å². The van der Waals surface area contributed by atoms with Crippen LogP contribution in [0.5, 0.6) is 5.75 Å². The molecule has 7 heteroatoms. The fourth-order valence-electron chi connectivity index (χ4n) is 4.02. The minimum absolute atomic E-state index is 0.0200. The van der Waals surface area contributed by atoms with Gasteiger partial charge in [-0.05, 0) is 42.0 Å². The largest absolute Gasteiger partial charge is 0.497 e. The number of halogens is 1. The summed E-state index contributed by atoms with van der Waals surface area (Å²) >= 11 is 3.47. The standard InChI is InChI=1S/C23H28BrN3O3/c1-29-21-8-6-20(7-9-21)26-10-12-27(13-11-26)23(28)17-25-14-15-30-22(16-25)18-2-4-19(24)5-3-18/h2-9,22H,10-17H2,1H3. The van der Waals surface area contributed by atoms with Gasteiger partial charge in [0.15, 0.2) is 0 Å². The Balaban J connectivity index is 1.27. The summed E-state index contributed by atoms with van der Waals surface area (Å²) in [7, 11) is 1.68. The first-order valence-electron chi connectivity index (χ1n) is 10.4. The van der Waals surface area contributed by atoms with Crippen molar-refractivity contribution in [3.8, 4) is 5.75 Å². The van der Waals surface area contributed by atoms with Crippen molar-refractivity contribution in [1.29, 1.82) is 0 Å². The average molecular weight is 474 g/mol. The van der Waals surface area contributed by atoms with Gasteiger partial charge >= 0.3 is 0 Å². The molecular weight excluding hydrogens is 446 g/mol. The third-order valence-corrected chi connectivity index (χ3v) is 6.35. The Kier molecular flexibility index (Phi) is 6.92. The molecule has 0 spiro atoms. The molecule has 2 aromatic rings. The maximum Gasteiger partial charge on any atom is 0.236 e. The van der Waals surface area contributed by atoms with Gasteiger partial charge in [-0.1, -0.05) is 28.1 Å². The van der Waals surface area contributed by atoms with Crippen LogP contribution in [0.3, 0.4) is 0 Å². The highest BCUT2D eigenvalue weighted by Gasteiger charge is 2.27. The van der Waals surface area contributed by atoms with Crippen molar-refractivity contribution < 1.29 is 14.3 Å². The van der Waals surface area contributed by atoms with Crippen LogP contribution in [0.2, 0.25) is 0 Å². The number of hydrogen-bond acceptors (Lipinski definition) is 5. The van der Waals surface area contributed by atoms with Crippen LogP contribution in [0.4, 0.5) is 5.69 Å². The fraction of sp³-hybridized carbons (Fsp3) is 0.435. The number of morpholine rings is 1. The average Bonchev–Trinajstić information content (AvgIpc) is 2.80. The molecular formula is C23H28BrN3O3. The lowest BCUT2D eigenvalue weighted by atomic mass is 10.1. The van der Waals surface area contributed by atoms with E-state index in [-0.39, 0.29) is 12.0 Å². The number of rotatable bonds is 5. The molecule has 4 rings (SSSR count). The zero-order valence-electron chi connectivity index (χ0n) is 17.3. The molecule has 2 fully saturated rings. The highest BCUT2D eigenvalue weighted by atomic mass is 79.9. The second-order valence-corrected chi connectivity index (χ2v) is 8.63. The first-order valence-corrected chi connectivity index (χ1v) is 11.2. The monoisotopic (exact) mass is 473 g/mol. The number of piperazine rings is 1. The third-order valence-electron chi connectivity index (χ3n) is 5.82. The number of carbonyl (C=O) groups excluding carboxylic acids is 1. The van der Waals surface area contributed by atoms with E-state index in [1.807, 2.05) is 29.2 Å². The molecule has 2 aliphatic heterocycles. The normalized spacial score (nSPS) is 20.3. The summed E-state index contributed by atoms with van der Waals surface area (Å²) in [5, 5.41) is 0. The van der Waals surface area contributed by atoms with Gasteiger partial charge in [0, 0.05) is 49.4 Å². The van der Waals surface area contributed by atoms with Gasteiger partial charge in [-0.3, -0.25) is 9.69 Å². The highest BCUT2D eigenvalue weighted by Crippen LogP contribution is 2.24. The molecule has 0 bridgehead atoms. The summed E-state index contributed by atoms with van der Waals surface area (Å²) in [6.45, 7) is 5.87. The molecule has 2 aliphatic rings. The Bertz CT molecular complexity index is 836. The van der Waals surface area contributed by atoms with Crippen LogP contribution in [-0.2, 0) is 9.53 Å². The molecule has 2 aromatic carbocycles. The second kappa shape index (κ2) is 9.81. The van der Waals surface area contributed by atoms with Crippen molar-refractivity contribution in [1.82, 2.24) is 9.80 Å². The predicted molar refractivity (Wildman–Crippen MR) is 121 cm³/mol. The summed E-state index contributed by atoms with van der Waals surface area (Å²) in [6, 6.07) is 16.3. The lowest BCUT2D eigenvalue weighted by Gasteiger charge is -2.38. The van der Waals surface area contributed by atoms with E-state index in [1.54, 1.807) is 7.11 Å². The number of benzene rings is 2. The van der Waals surface area contributed by atoms with E-state index in [2.05, 4.69) is 50.0 Å². The molecule has 30 heavy (non-hydrogen) atoms. The molecule has 0 aromatic heterocycles. The number of hydrogen-bond donors (Lipinski definition) is 0. The smallest absolute Gasteiger partial charge is 0.236 e. The van der Waals surface area contributed by atoms with Crippen LogP contribution >= 0.6 is 15.9 Å². The van der Waals surface area contributed by atoms with Crippen LogP contribution in [0.25, 0.3) is 0 Å². The Morgan fingerprint density at radius 1 is 1.03 bits per heavy atom. The van der Waals surface area contributed by atoms with E-state index < -0.39 is 0 Å². The van der Waals surface area contributed by atoms with Crippen LogP contribution in [0, 0.1) is 0 Å². The molecule has 160 valence electrons. The number of ether oxygens (including phenoxy) is 2. The van der Waals surface area contributed by atoms with Crippen molar-refractivity contribution in [3.63, 3.8) is 0 Å². The SMILES string of the molecule is COc1ccc(N2CCN(C(=O)CN3CCOC(c4ccc(Br)cc4)C3)CC2)cc1. The number of anilines is 1. The van der Waals surface area contributed by atoms with Crippen LogP contribution in [0.1, 0.15) is 11.7 Å². The molecule has 1 unspecified atom stereocenters. The number of methoxy groups -OCH3 is 1. The van der Waals surface area contributed by atoms with Crippen LogP contribution in [0.15, 0.2) is 53.0 Å². The Morgan fingerprint density at radius 3 is 2.40 bits per heavy atom. The van der Waals surface area contributed by atoms with E-state index in [9.17, 15) is 4.79 Å². The molecule has 0 N–H and O–H groups in total. The Hall–Kier alpha value is -2.09. The van der Waals surface area contributed by atoms with Gasteiger partial charge in [-0.15, -0.1) is 0 Å². The van der Waals surface area contributed by atoms with Crippen molar-refractivity contribution in [2.75, 3.05) is 64.4 Å². The Labute approximate surface area is 186 Å².